The molecule has 7 nitrogen and oxygen atoms in total. The van der Waals surface area contributed by atoms with Gasteiger partial charge in [0.2, 0.25) is 0 Å². The Labute approximate surface area is 197 Å². The van der Waals surface area contributed by atoms with E-state index in [1.165, 1.54) is 16.7 Å². The standard InChI is InChI=1S/C22H34N6O.HI/c1-3-23-22(24-9-6-10-28-17-19(2)15-26-28)25-16-20-7-4-5-8-21(20)18-27-11-13-29-14-12-27;/h4-5,7-8,15,17H,3,6,9-14,16,18H2,1-2H3,(H2,23,24,25);1H. The molecule has 0 aliphatic carbocycles. The van der Waals surface area contributed by atoms with Crippen LogP contribution in [-0.2, 0) is 24.4 Å². The summed E-state index contributed by atoms with van der Waals surface area (Å²) in [5.74, 6) is 0.866. The zero-order valence-electron chi connectivity index (χ0n) is 18.1. The minimum atomic E-state index is 0. The van der Waals surface area contributed by atoms with Crippen molar-refractivity contribution in [2.75, 3.05) is 39.4 Å². The van der Waals surface area contributed by atoms with Crippen molar-refractivity contribution in [2.24, 2.45) is 4.99 Å². The lowest BCUT2D eigenvalue weighted by Gasteiger charge is -2.27. The van der Waals surface area contributed by atoms with Crippen LogP contribution in [0.5, 0.6) is 0 Å². The fourth-order valence-corrected chi connectivity index (χ4v) is 3.41. The van der Waals surface area contributed by atoms with Crippen LogP contribution in [0.4, 0.5) is 0 Å². The highest BCUT2D eigenvalue weighted by atomic mass is 127. The topological polar surface area (TPSA) is 66.7 Å². The predicted molar refractivity (Wildman–Crippen MR) is 132 cm³/mol. The molecular weight excluding hydrogens is 491 g/mol. The van der Waals surface area contributed by atoms with Crippen LogP contribution < -0.4 is 10.6 Å². The minimum Gasteiger partial charge on any atom is -0.379 e. The average Bonchev–Trinajstić information content (AvgIpc) is 3.16. The smallest absolute Gasteiger partial charge is 0.191 e. The Balaban J connectivity index is 0.00000320. The van der Waals surface area contributed by atoms with Crippen molar-refractivity contribution in [3.05, 3.63) is 53.3 Å². The summed E-state index contributed by atoms with van der Waals surface area (Å²) in [6.45, 7) is 12.1. The van der Waals surface area contributed by atoms with Crippen LogP contribution in [0.1, 0.15) is 30.0 Å². The van der Waals surface area contributed by atoms with Crippen molar-refractivity contribution in [3.8, 4) is 0 Å². The highest BCUT2D eigenvalue weighted by Crippen LogP contribution is 2.14. The third kappa shape index (κ3) is 8.23. The summed E-state index contributed by atoms with van der Waals surface area (Å²) in [6, 6.07) is 8.61. The van der Waals surface area contributed by atoms with E-state index in [-0.39, 0.29) is 24.0 Å². The highest BCUT2D eigenvalue weighted by Gasteiger charge is 2.12. The van der Waals surface area contributed by atoms with Gasteiger partial charge in [-0.1, -0.05) is 24.3 Å². The van der Waals surface area contributed by atoms with Crippen molar-refractivity contribution in [2.45, 2.75) is 39.9 Å². The number of benzene rings is 1. The number of morpholine rings is 1. The monoisotopic (exact) mass is 526 g/mol. The lowest BCUT2D eigenvalue weighted by atomic mass is 10.1. The van der Waals surface area contributed by atoms with Crippen molar-refractivity contribution >= 4 is 29.9 Å². The number of hydrogen-bond acceptors (Lipinski definition) is 4. The number of halogens is 1. The van der Waals surface area contributed by atoms with Gasteiger partial charge >= 0.3 is 0 Å². The predicted octanol–water partition coefficient (Wildman–Crippen LogP) is 2.79. The van der Waals surface area contributed by atoms with Gasteiger partial charge in [0.05, 0.1) is 26.0 Å². The summed E-state index contributed by atoms with van der Waals surface area (Å²) < 4.78 is 7.45. The van der Waals surface area contributed by atoms with E-state index in [1.54, 1.807) is 0 Å². The highest BCUT2D eigenvalue weighted by molar-refractivity contribution is 14.0. The van der Waals surface area contributed by atoms with E-state index in [0.717, 1.165) is 64.9 Å². The number of aromatic nitrogens is 2. The number of nitrogens with one attached hydrogen (secondary N) is 2. The first-order valence-corrected chi connectivity index (χ1v) is 10.6. The van der Waals surface area contributed by atoms with Crippen molar-refractivity contribution in [3.63, 3.8) is 0 Å². The van der Waals surface area contributed by atoms with Gasteiger partial charge in [0.25, 0.3) is 0 Å². The summed E-state index contributed by atoms with van der Waals surface area (Å²) in [4.78, 5) is 7.27. The second-order valence-corrected chi connectivity index (χ2v) is 7.41. The number of hydrogen-bond donors (Lipinski definition) is 2. The summed E-state index contributed by atoms with van der Waals surface area (Å²) in [6.07, 6.45) is 4.97. The third-order valence-corrected chi connectivity index (χ3v) is 4.99. The van der Waals surface area contributed by atoms with E-state index in [1.807, 2.05) is 10.9 Å². The van der Waals surface area contributed by atoms with Crippen LogP contribution in [0.3, 0.4) is 0 Å². The molecule has 0 spiro atoms. The molecule has 0 atom stereocenters. The van der Waals surface area contributed by atoms with Gasteiger partial charge in [-0.05, 0) is 37.0 Å². The fourth-order valence-electron chi connectivity index (χ4n) is 3.41. The maximum Gasteiger partial charge on any atom is 0.191 e. The maximum absolute atomic E-state index is 5.46. The SMILES string of the molecule is CCNC(=NCc1ccccc1CN1CCOCC1)NCCCn1cc(C)cn1.I. The van der Waals surface area contributed by atoms with Crippen molar-refractivity contribution < 1.29 is 4.74 Å². The molecule has 2 aromatic rings. The van der Waals surface area contributed by atoms with E-state index in [9.17, 15) is 0 Å². The lowest BCUT2D eigenvalue weighted by molar-refractivity contribution is 0.0341. The Bertz CT molecular complexity index is 772. The van der Waals surface area contributed by atoms with Gasteiger partial charge < -0.3 is 15.4 Å². The molecule has 2 heterocycles. The Morgan fingerprint density at radius 3 is 2.63 bits per heavy atom. The van der Waals surface area contributed by atoms with Gasteiger partial charge in [0, 0.05) is 45.5 Å². The van der Waals surface area contributed by atoms with Crippen molar-refractivity contribution in [1.29, 1.82) is 0 Å². The maximum atomic E-state index is 5.46. The molecule has 30 heavy (non-hydrogen) atoms. The molecule has 1 aromatic carbocycles. The van der Waals surface area contributed by atoms with E-state index in [2.05, 4.69) is 64.9 Å². The largest absolute Gasteiger partial charge is 0.379 e. The zero-order valence-corrected chi connectivity index (χ0v) is 20.5. The van der Waals surface area contributed by atoms with Crippen LogP contribution in [0, 0.1) is 6.92 Å². The van der Waals surface area contributed by atoms with Gasteiger partial charge in [-0.3, -0.25) is 9.58 Å². The molecule has 1 aliphatic heterocycles. The molecule has 0 saturated carbocycles. The molecule has 0 amide bonds. The summed E-state index contributed by atoms with van der Waals surface area (Å²) in [5.41, 5.74) is 3.83. The number of nitrogens with zero attached hydrogens (tertiary/aromatic N) is 4. The zero-order chi connectivity index (χ0) is 20.3. The number of aryl methyl sites for hydroxylation is 2. The molecular formula is C22H35IN6O. The first-order valence-electron chi connectivity index (χ1n) is 10.6. The molecule has 166 valence electrons. The summed E-state index contributed by atoms with van der Waals surface area (Å²) in [7, 11) is 0. The lowest BCUT2D eigenvalue weighted by Crippen LogP contribution is -2.38. The average molecular weight is 526 g/mol. The van der Waals surface area contributed by atoms with Gasteiger partial charge in [-0.2, -0.15) is 5.10 Å². The summed E-state index contributed by atoms with van der Waals surface area (Å²) >= 11 is 0. The van der Waals surface area contributed by atoms with Crippen LogP contribution in [0.25, 0.3) is 0 Å². The number of ether oxygens (including phenoxy) is 1. The molecule has 1 fully saturated rings. The van der Waals surface area contributed by atoms with Gasteiger partial charge in [0.1, 0.15) is 0 Å². The van der Waals surface area contributed by atoms with Crippen LogP contribution >= 0.6 is 24.0 Å². The molecule has 0 bridgehead atoms. The molecule has 2 N–H and O–H groups in total. The molecule has 8 heteroatoms. The number of aliphatic imine (C=N–C) groups is 1. The van der Waals surface area contributed by atoms with Crippen LogP contribution in [0.15, 0.2) is 41.7 Å². The fraction of sp³-hybridized carbons (Fsp3) is 0.545. The summed E-state index contributed by atoms with van der Waals surface area (Å²) in [5, 5.41) is 11.1. The van der Waals surface area contributed by atoms with E-state index < -0.39 is 0 Å². The Morgan fingerprint density at radius 2 is 1.93 bits per heavy atom. The third-order valence-electron chi connectivity index (χ3n) is 4.99. The van der Waals surface area contributed by atoms with Crippen LogP contribution in [-0.4, -0.2) is 60.0 Å². The van der Waals surface area contributed by atoms with Crippen molar-refractivity contribution in [1.82, 2.24) is 25.3 Å². The molecule has 3 rings (SSSR count). The minimum absolute atomic E-state index is 0. The Hall–Kier alpha value is -1.65. The van der Waals surface area contributed by atoms with Gasteiger partial charge in [-0.15, -0.1) is 24.0 Å². The second kappa shape index (κ2) is 13.6. The first-order chi connectivity index (χ1) is 14.2. The number of rotatable bonds is 9. The van der Waals surface area contributed by atoms with E-state index >= 15 is 0 Å². The Kier molecular flexibility index (Phi) is 11.2. The second-order valence-electron chi connectivity index (χ2n) is 7.41. The first kappa shape index (κ1) is 24.6. The molecule has 0 radical (unpaired) electrons. The quantitative estimate of drug-likeness (QED) is 0.228. The van der Waals surface area contributed by atoms with E-state index in [0.29, 0.717) is 6.54 Å². The van der Waals surface area contributed by atoms with Crippen LogP contribution in [0.2, 0.25) is 0 Å². The Morgan fingerprint density at radius 1 is 1.17 bits per heavy atom. The van der Waals surface area contributed by atoms with E-state index in [4.69, 9.17) is 9.73 Å². The van der Waals surface area contributed by atoms with Gasteiger partial charge in [-0.25, -0.2) is 4.99 Å². The molecule has 0 unspecified atom stereocenters. The number of guanidine groups is 1. The van der Waals surface area contributed by atoms with Gasteiger partial charge in [0.15, 0.2) is 5.96 Å². The molecule has 1 saturated heterocycles. The normalized spacial score (nSPS) is 14.9. The molecule has 1 aromatic heterocycles. The molecule has 1 aliphatic rings.